The van der Waals surface area contributed by atoms with Gasteiger partial charge in [0.05, 0.1) is 0 Å². The number of nitrogens with two attached hydrogens (primary N) is 1. The van der Waals surface area contributed by atoms with Crippen LogP contribution in [0.2, 0.25) is 0 Å². The first-order valence-electron chi connectivity index (χ1n) is 6.31. The van der Waals surface area contributed by atoms with E-state index in [2.05, 4.69) is 27.1 Å². The van der Waals surface area contributed by atoms with Crippen LogP contribution in [0.25, 0.3) is 0 Å². The third kappa shape index (κ3) is 2.88. The van der Waals surface area contributed by atoms with Crippen molar-refractivity contribution < 1.29 is 4.79 Å². The highest BCUT2D eigenvalue weighted by Gasteiger charge is 2.23. The topological polar surface area (TPSA) is 84.1 Å². The number of aromatic nitrogens is 2. The van der Waals surface area contributed by atoms with Gasteiger partial charge in [0.25, 0.3) is 0 Å². The summed E-state index contributed by atoms with van der Waals surface area (Å²) in [6.07, 6.45) is 2.92. The lowest BCUT2D eigenvalue weighted by Gasteiger charge is -2.17. The van der Waals surface area contributed by atoms with Crippen LogP contribution in [0.4, 0.5) is 17.6 Å². The first-order chi connectivity index (χ1) is 8.72. The number of nitrogen functional groups attached to an aromatic ring is 1. The van der Waals surface area contributed by atoms with Crippen molar-refractivity contribution >= 4 is 23.9 Å². The van der Waals surface area contributed by atoms with Gasteiger partial charge in [-0.1, -0.05) is 6.92 Å². The minimum Gasteiger partial charge on any atom is -0.370 e. The first-order valence-corrected chi connectivity index (χ1v) is 6.31. The van der Waals surface area contributed by atoms with Crippen molar-refractivity contribution in [2.24, 2.45) is 5.92 Å². The minimum atomic E-state index is 0.105. The monoisotopic (exact) mass is 249 g/mol. The number of rotatable bonds is 5. The molecule has 0 radical (unpaired) electrons. The van der Waals surface area contributed by atoms with Gasteiger partial charge in [0.1, 0.15) is 17.9 Å². The Bertz CT molecular complexity index is 423. The zero-order valence-electron chi connectivity index (χ0n) is 10.6. The van der Waals surface area contributed by atoms with E-state index in [0.29, 0.717) is 6.54 Å². The summed E-state index contributed by atoms with van der Waals surface area (Å²) in [5, 5.41) is 3.20. The summed E-state index contributed by atoms with van der Waals surface area (Å²) in [6.45, 7) is 4.50. The average Bonchev–Trinajstić information content (AvgIpc) is 2.84. The Morgan fingerprint density at radius 2 is 2.44 bits per heavy atom. The SMILES string of the molecule is CCCNc1cc(N2CCC(C=O)C2)nc(N)n1. The first kappa shape index (κ1) is 12.6. The fraction of sp³-hybridized carbons (Fsp3) is 0.583. The summed E-state index contributed by atoms with van der Waals surface area (Å²) < 4.78 is 0. The van der Waals surface area contributed by atoms with Crippen LogP contribution in [-0.4, -0.2) is 35.9 Å². The van der Waals surface area contributed by atoms with E-state index in [4.69, 9.17) is 5.73 Å². The molecule has 0 bridgehead atoms. The molecule has 1 fully saturated rings. The number of carbonyl (C=O) groups excluding carboxylic acids is 1. The Morgan fingerprint density at radius 3 is 3.11 bits per heavy atom. The van der Waals surface area contributed by atoms with Gasteiger partial charge in [-0.2, -0.15) is 9.97 Å². The quantitative estimate of drug-likeness (QED) is 0.754. The molecule has 0 amide bonds. The number of hydrogen-bond acceptors (Lipinski definition) is 6. The number of carbonyl (C=O) groups is 1. The standard InChI is InChI=1S/C12H19N5O/c1-2-4-14-10-6-11(16-12(13)15-10)17-5-3-9(7-17)8-18/h6,8-9H,2-5,7H2,1H3,(H3,13,14,15,16). The van der Waals surface area contributed by atoms with Gasteiger partial charge in [-0.05, 0) is 12.8 Å². The highest BCUT2D eigenvalue weighted by molar-refractivity contribution is 5.59. The Balaban J connectivity index is 2.12. The zero-order chi connectivity index (χ0) is 13.0. The van der Waals surface area contributed by atoms with Gasteiger partial charge in [-0.25, -0.2) is 0 Å². The molecule has 1 aliphatic heterocycles. The van der Waals surface area contributed by atoms with E-state index >= 15 is 0 Å². The second kappa shape index (κ2) is 5.66. The summed E-state index contributed by atoms with van der Waals surface area (Å²) in [7, 11) is 0. The maximum absolute atomic E-state index is 10.8. The average molecular weight is 249 g/mol. The lowest BCUT2D eigenvalue weighted by molar-refractivity contribution is -0.110. The Kier molecular flexibility index (Phi) is 3.96. The summed E-state index contributed by atoms with van der Waals surface area (Å²) in [6, 6.07) is 1.89. The molecule has 18 heavy (non-hydrogen) atoms. The Morgan fingerprint density at radius 1 is 1.61 bits per heavy atom. The lowest BCUT2D eigenvalue weighted by Crippen LogP contribution is -2.22. The fourth-order valence-electron chi connectivity index (χ4n) is 2.06. The van der Waals surface area contributed by atoms with E-state index in [1.54, 1.807) is 0 Å². The fourth-order valence-corrected chi connectivity index (χ4v) is 2.06. The van der Waals surface area contributed by atoms with Gasteiger partial charge in [-0.15, -0.1) is 0 Å². The van der Waals surface area contributed by atoms with Gasteiger partial charge in [0.15, 0.2) is 0 Å². The normalized spacial score (nSPS) is 18.9. The molecule has 2 heterocycles. The van der Waals surface area contributed by atoms with Crippen LogP contribution in [0.5, 0.6) is 0 Å². The van der Waals surface area contributed by atoms with Crippen LogP contribution >= 0.6 is 0 Å². The van der Waals surface area contributed by atoms with Gasteiger partial charge in [0.2, 0.25) is 5.95 Å². The maximum Gasteiger partial charge on any atom is 0.223 e. The maximum atomic E-state index is 10.8. The molecular weight excluding hydrogens is 230 g/mol. The summed E-state index contributed by atoms with van der Waals surface area (Å²) in [5.74, 6) is 1.91. The van der Waals surface area contributed by atoms with E-state index in [-0.39, 0.29) is 11.9 Å². The second-order valence-corrected chi connectivity index (χ2v) is 4.53. The van der Waals surface area contributed by atoms with Gasteiger partial charge >= 0.3 is 0 Å². The molecule has 1 aromatic rings. The van der Waals surface area contributed by atoms with Gasteiger partial charge in [-0.3, -0.25) is 0 Å². The number of aldehydes is 1. The predicted octanol–water partition coefficient (Wildman–Crippen LogP) is 0.906. The van der Waals surface area contributed by atoms with Crippen molar-refractivity contribution in [3.63, 3.8) is 0 Å². The Labute approximate surface area is 107 Å². The molecule has 0 aromatic carbocycles. The molecule has 6 nitrogen and oxygen atoms in total. The smallest absolute Gasteiger partial charge is 0.223 e. The summed E-state index contributed by atoms with van der Waals surface area (Å²) >= 11 is 0. The third-order valence-corrected chi connectivity index (χ3v) is 3.03. The van der Waals surface area contributed by atoms with Crippen molar-refractivity contribution in [2.45, 2.75) is 19.8 Å². The summed E-state index contributed by atoms with van der Waals surface area (Å²) in [4.78, 5) is 21.2. The lowest BCUT2D eigenvalue weighted by atomic mass is 10.1. The van der Waals surface area contributed by atoms with Crippen LogP contribution in [0.3, 0.4) is 0 Å². The molecule has 98 valence electrons. The molecule has 3 N–H and O–H groups in total. The second-order valence-electron chi connectivity index (χ2n) is 4.53. The molecule has 1 aromatic heterocycles. The van der Waals surface area contributed by atoms with Crippen LogP contribution in [0.1, 0.15) is 19.8 Å². The molecule has 1 saturated heterocycles. The van der Waals surface area contributed by atoms with Crippen LogP contribution in [0, 0.1) is 5.92 Å². The summed E-state index contributed by atoms with van der Waals surface area (Å²) in [5.41, 5.74) is 5.71. The molecule has 1 atom stereocenters. The van der Waals surface area contributed by atoms with Crippen LogP contribution < -0.4 is 16.0 Å². The molecule has 0 spiro atoms. The van der Waals surface area contributed by atoms with E-state index in [9.17, 15) is 4.79 Å². The van der Waals surface area contributed by atoms with Crippen molar-refractivity contribution in [1.29, 1.82) is 0 Å². The molecular formula is C12H19N5O. The molecule has 0 saturated carbocycles. The number of nitrogens with zero attached hydrogens (tertiary/aromatic N) is 3. The van der Waals surface area contributed by atoms with Crippen molar-refractivity contribution in [2.75, 3.05) is 35.6 Å². The van der Waals surface area contributed by atoms with Gasteiger partial charge < -0.3 is 20.7 Å². The number of nitrogens with one attached hydrogen (secondary N) is 1. The minimum absolute atomic E-state index is 0.105. The van der Waals surface area contributed by atoms with Crippen molar-refractivity contribution in [3.8, 4) is 0 Å². The highest BCUT2D eigenvalue weighted by atomic mass is 16.1. The van der Waals surface area contributed by atoms with Crippen LogP contribution in [-0.2, 0) is 4.79 Å². The van der Waals surface area contributed by atoms with E-state index in [0.717, 1.165) is 43.9 Å². The molecule has 1 aliphatic rings. The van der Waals surface area contributed by atoms with E-state index < -0.39 is 0 Å². The van der Waals surface area contributed by atoms with E-state index in [1.807, 2.05) is 6.07 Å². The molecule has 1 unspecified atom stereocenters. The number of anilines is 3. The zero-order valence-corrected chi connectivity index (χ0v) is 10.6. The predicted molar refractivity (Wildman–Crippen MR) is 71.6 cm³/mol. The van der Waals surface area contributed by atoms with Gasteiger partial charge in [0, 0.05) is 31.6 Å². The Hall–Kier alpha value is -1.85. The van der Waals surface area contributed by atoms with Crippen molar-refractivity contribution in [1.82, 2.24) is 9.97 Å². The largest absolute Gasteiger partial charge is 0.370 e. The van der Waals surface area contributed by atoms with Crippen molar-refractivity contribution in [3.05, 3.63) is 6.07 Å². The number of hydrogen-bond donors (Lipinski definition) is 2. The molecule has 0 aliphatic carbocycles. The molecule has 6 heteroatoms. The van der Waals surface area contributed by atoms with E-state index in [1.165, 1.54) is 0 Å². The third-order valence-electron chi connectivity index (χ3n) is 3.03. The highest BCUT2D eigenvalue weighted by Crippen LogP contribution is 2.23. The molecule has 2 rings (SSSR count). The van der Waals surface area contributed by atoms with Crippen LogP contribution in [0.15, 0.2) is 6.07 Å².